The molecule has 0 amide bonds. The van der Waals surface area contributed by atoms with E-state index in [0.29, 0.717) is 5.25 Å². The molecule has 86 valence electrons. The lowest BCUT2D eigenvalue weighted by Gasteiger charge is -2.09. The Balaban J connectivity index is 2.00. The summed E-state index contributed by atoms with van der Waals surface area (Å²) in [6.07, 6.45) is 6.71. The SMILES string of the molecule is O=C(O)c1ncccc1CSC1CCCC1. The fourth-order valence-electron chi connectivity index (χ4n) is 2.01. The molecule has 16 heavy (non-hydrogen) atoms. The minimum absolute atomic E-state index is 0.202. The number of hydrogen-bond acceptors (Lipinski definition) is 3. The van der Waals surface area contributed by atoms with Gasteiger partial charge in [-0.25, -0.2) is 9.78 Å². The number of nitrogens with zero attached hydrogens (tertiary/aromatic N) is 1. The van der Waals surface area contributed by atoms with E-state index in [1.165, 1.54) is 31.9 Å². The van der Waals surface area contributed by atoms with Gasteiger partial charge in [-0.05, 0) is 24.5 Å². The molecule has 0 unspecified atom stereocenters. The maximum absolute atomic E-state index is 10.9. The molecule has 0 spiro atoms. The van der Waals surface area contributed by atoms with Crippen LogP contribution in [-0.4, -0.2) is 21.3 Å². The minimum atomic E-state index is -0.928. The van der Waals surface area contributed by atoms with Crippen LogP contribution in [0.2, 0.25) is 0 Å². The number of carboxylic acid groups (broad SMARTS) is 1. The first-order valence-electron chi connectivity index (χ1n) is 5.56. The van der Waals surface area contributed by atoms with Crippen LogP contribution in [0.4, 0.5) is 0 Å². The van der Waals surface area contributed by atoms with Gasteiger partial charge in [-0.15, -0.1) is 0 Å². The predicted molar refractivity (Wildman–Crippen MR) is 64.7 cm³/mol. The summed E-state index contributed by atoms with van der Waals surface area (Å²) in [6.45, 7) is 0. The van der Waals surface area contributed by atoms with Gasteiger partial charge in [0.1, 0.15) is 0 Å². The highest BCUT2D eigenvalue weighted by Gasteiger charge is 2.17. The van der Waals surface area contributed by atoms with Crippen LogP contribution in [0.25, 0.3) is 0 Å². The summed E-state index contributed by atoms with van der Waals surface area (Å²) >= 11 is 1.87. The third-order valence-electron chi connectivity index (χ3n) is 2.87. The van der Waals surface area contributed by atoms with E-state index in [4.69, 9.17) is 5.11 Å². The molecule has 1 aliphatic rings. The second-order valence-corrected chi connectivity index (χ2v) is 5.32. The Hall–Kier alpha value is -1.03. The largest absolute Gasteiger partial charge is 0.477 e. The highest BCUT2D eigenvalue weighted by molar-refractivity contribution is 7.99. The maximum Gasteiger partial charge on any atom is 0.354 e. The summed E-state index contributed by atoms with van der Waals surface area (Å²) in [6, 6.07) is 3.66. The lowest BCUT2D eigenvalue weighted by Crippen LogP contribution is -2.05. The standard InChI is InChI=1S/C12H15NO2S/c14-12(15)11-9(4-3-7-13-11)8-16-10-5-1-2-6-10/h3-4,7,10H,1-2,5-6,8H2,(H,14,15). The molecule has 1 heterocycles. The van der Waals surface area contributed by atoms with Gasteiger partial charge in [-0.2, -0.15) is 11.8 Å². The quantitative estimate of drug-likeness (QED) is 0.874. The highest BCUT2D eigenvalue weighted by Crippen LogP contribution is 2.31. The van der Waals surface area contributed by atoms with Crippen molar-refractivity contribution in [2.45, 2.75) is 36.7 Å². The van der Waals surface area contributed by atoms with Crippen LogP contribution in [0.5, 0.6) is 0 Å². The van der Waals surface area contributed by atoms with Crippen LogP contribution in [0.1, 0.15) is 41.7 Å². The third-order valence-corrected chi connectivity index (χ3v) is 4.29. The smallest absolute Gasteiger partial charge is 0.354 e. The van der Waals surface area contributed by atoms with Crippen molar-refractivity contribution in [2.75, 3.05) is 0 Å². The lowest BCUT2D eigenvalue weighted by atomic mass is 10.2. The molecule has 1 aromatic heterocycles. The zero-order valence-corrected chi connectivity index (χ0v) is 9.87. The Morgan fingerprint density at radius 2 is 2.25 bits per heavy atom. The van der Waals surface area contributed by atoms with Crippen molar-refractivity contribution < 1.29 is 9.90 Å². The van der Waals surface area contributed by atoms with Crippen LogP contribution < -0.4 is 0 Å². The molecule has 0 radical (unpaired) electrons. The second kappa shape index (κ2) is 5.34. The number of rotatable bonds is 4. The monoisotopic (exact) mass is 237 g/mol. The Bertz CT molecular complexity index is 375. The first-order valence-corrected chi connectivity index (χ1v) is 6.61. The Labute approximate surface area is 99.3 Å². The summed E-state index contributed by atoms with van der Waals surface area (Å²) in [7, 11) is 0. The van der Waals surface area contributed by atoms with Gasteiger partial charge < -0.3 is 5.11 Å². The zero-order valence-electron chi connectivity index (χ0n) is 9.06. The van der Waals surface area contributed by atoms with Crippen molar-refractivity contribution in [2.24, 2.45) is 0 Å². The number of pyridine rings is 1. The average Bonchev–Trinajstić information content (AvgIpc) is 2.79. The zero-order chi connectivity index (χ0) is 11.4. The summed E-state index contributed by atoms with van der Waals surface area (Å²) < 4.78 is 0. The normalized spacial score (nSPS) is 16.5. The van der Waals surface area contributed by atoms with E-state index in [0.717, 1.165) is 11.3 Å². The van der Waals surface area contributed by atoms with Gasteiger partial charge in [-0.3, -0.25) is 0 Å². The Kier molecular flexibility index (Phi) is 3.83. The molecule has 0 aliphatic heterocycles. The molecule has 4 heteroatoms. The second-order valence-electron chi connectivity index (χ2n) is 4.03. The molecule has 0 bridgehead atoms. The molecule has 2 rings (SSSR count). The van der Waals surface area contributed by atoms with Crippen LogP contribution in [0, 0.1) is 0 Å². The molecule has 1 aliphatic carbocycles. The van der Waals surface area contributed by atoms with E-state index >= 15 is 0 Å². The van der Waals surface area contributed by atoms with Crippen LogP contribution in [-0.2, 0) is 5.75 Å². The highest BCUT2D eigenvalue weighted by atomic mass is 32.2. The van der Waals surface area contributed by atoms with Crippen molar-refractivity contribution >= 4 is 17.7 Å². The Morgan fingerprint density at radius 1 is 1.50 bits per heavy atom. The molecule has 1 N–H and O–H groups in total. The number of carboxylic acids is 1. The van der Waals surface area contributed by atoms with Crippen molar-refractivity contribution in [1.29, 1.82) is 0 Å². The van der Waals surface area contributed by atoms with E-state index in [2.05, 4.69) is 4.98 Å². The fourth-order valence-corrected chi connectivity index (χ4v) is 3.33. The molecule has 1 aromatic rings. The van der Waals surface area contributed by atoms with Crippen molar-refractivity contribution in [3.8, 4) is 0 Å². The van der Waals surface area contributed by atoms with Crippen LogP contribution in [0.3, 0.4) is 0 Å². The Morgan fingerprint density at radius 3 is 2.94 bits per heavy atom. The molecule has 0 saturated heterocycles. The lowest BCUT2D eigenvalue weighted by molar-refractivity contribution is 0.0689. The maximum atomic E-state index is 10.9. The fraction of sp³-hybridized carbons (Fsp3) is 0.500. The summed E-state index contributed by atoms with van der Waals surface area (Å²) in [4.78, 5) is 14.9. The summed E-state index contributed by atoms with van der Waals surface area (Å²) in [5.74, 6) is -0.164. The van der Waals surface area contributed by atoms with Gasteiger partial charge in [0.25, 0.3) is 0 Å². The van der Waals surface area contributed by atoms with Gasteiger partial charge in [0, 0.05) is 17.2 Å². The molecule has 1 fully saturated rings. The third kappa shape index (κ3) is 2.76. The molecular weight excluding hydrogens is 222 g/mol. The van der Waals surface area contributed by atoms with Gasteiger partial charge in [0.2, 0.25) is 0 Å². The number of carbonyl (C=O) groups is 1. The summed E-state index contributed by atoms with van der Waals surface area (Å²) in [5.41, 5.74) is 1.04. The topological polar surface area (TPSA) is 50.2 Å². The number of hydrogen-bond donors (Lipinski definition) is 1. The summed E-state index contributed by atoms with van der Waals surface area (Å²) in [5, 5.41) is 9.70. The van der Waals surface area contributed by atoms with Crippen molar-refractivity contribution in [3.05, 3.63) is 29.6 Å². The first-order chi connectivity index (χ1) is 7.77. The van der Waals surface area contributed by atoms with Gasteiger partial charge in [0.05, 0.1) is 0 Å². The van der Waals surface area contributed by atoms with E-state index in [1.54, 1.807) is 6.07 Å². The molecular formula is C12H15NO2S. The van der Waals surface area contributed by atoms with E-state index < -0.39 is 5.97 Å². The number of thioether (sulfide) groups is 1. The first kappa shape index (κ1) is 11.5. The van der Waals surface area contributed by atoms with Gasteiger partial charge in [0.15, 0.2) is 5.69 Å². The number of aromatic nitrogens is 1. The van der Waals surface area contributed by atoms with Crippen molar-refractivity contribution in [3.63, 3.8) is 0 Å². The van der Waals surface area contributed by atoms with Crippen LogP contribution >= 0.6 is 11.8 Å². The number of aromatic carboxylic acids is 1. The van der Waals surface area contributed by atoms with E-state index in [-0.39, 0.29) is 5.69 Å². The van der Waals surface area contributed by atoms with E-state index in [1.807, 2.05) is 17.8 Å². The van der Waals surface area contributed by atoms with Gasteiger partial charge in [-0.1, -0.05) is 18.9 Å². The van der Waals surface area contributed by atoms with Gasteiger partial charge >= 0.3 is 5.97 Å². The molecule has 1 saturated carbocycles. The van der Waals surface area contributed by atoms with Crippen LogP contribution in [0.15, 0.2) is 18.3 Å². The molecule has 0 atom stereocenters. The average molecular weight is 237 g/mol. The molecule has 3 nitrogen and oxygen atoms in total. The predicted octanol–water partition coefficient (Wildman–Crippen LogP) is 2.96. The molecule has 0 aromatic carbocycles. The van der Waals surface area contributed by atoms with Crippen molar-refractivity contribution in [1.82, 2.24) is 4.98 Å². The van der Waals surface area contributed by atoms with E-state index in [9.17, 15) is 4.79 Å². The minimum Gasteiger partial charge on any atom is -0.477 e.